The first-order valence-electron chi connectivity index (χ1n) is 0. The summed E-state index contributed by atoms with van der Waals surface area (Å²) in [5, 5.41) is 0. The van der Waals surface area contributed by atoms with E-state index in [1.807, 2.05) is 0 Å². The first-order chi connectivity index (χ1) is 0. The van der Waals surface area contributed by atoms with E-state index in [9.17, 15) is 0 Å². The average molecular weight is 112 g/mol. The standard InChI is InChI=1S/ClH.H3N.Na.2H2O/h1H;1H3;;2*1H2/q;;+1;;/p-1. The van der Waals surface area contributed by atoms with Crippen LogP contribution in [0.3, 0.4) is 0 Å². The Labute approximate surface area is 59.0 Å². The maximum Gasteiger partial charge on any atom is 1.00 e. The number of hydrogen-bond acceptors (Lipinski definition) is 1. The summed E-state index contributed by atoms with van der Waals surface area (Å²) in [4.78, 5) is 0. The van der Waals surface area contributed by atoms with Crippen molar-refractivity contribution in [2.24, 2.45) is 0 Å². The van der Waals surface area contributed by atoms with Crippen LogP contribution in [0.2, 0.25) is 0 Å². The minimum Gasteiger partial charge on any atom is -1.00 e. The van der Waals surface area contributed by atoms with Gasteiger partial charge in [-0.1, -0.05) is 0 Å². The molecule has 0 saturated heterocycles. The Morgan fingerprint density at radius 2 is 0.800 bits per heavy atom. The third-order valence-electron chi connectivity index (χ3n) is 0. The van der Waals surface area contributed by atoms with Gasteiger partial charge in [0.1, 0.15) is 0 Å². The molecular formula is H7ClNNaO2. The molecule has 0 aromatic heterocycles. The maximum atomic E-state index is 0. The minimum absolute atomic E-state index is 0. The fraction of sp³-hybridized carbons (Fsp3) is 0. The third-order valence-corrected chi connectivity index (χ3v) is 0. The van der Waals surface area contributed by atoms with Gasteiger partial charge in [0, 0.05) is 0 Å². The van der Waals surface area contributed by atoms with Crippen LogP contribution in [0.15, 0.2) is 0 Å². The zero-order valence-corrected chi connectivity index (χ0v) is 5.84. The van der Waals surface area contributed by atoms with E-state index in [1.54, 1.807) is 0 Å². The molecular weight excluding hydrogens is 104 g/mol. The van der Waals surface area contributed by atoms with E-state index in [0.717, 1.165) is 0 Å². The van der Waals surface area contributed by atoms with Gasteiger partial charge in [0.2, 0.25) is 0 Å². The molecule has 0 aliphatic rings. The molecule has 7 N–H and O–H groups in total. The normalized spacial score (nSPS) is 0. The van der Waals surface area contributed by atoms with Crippen molar-refractivity contribution in [3.8, 4) is 0 Å². The van der Waals surface area contributed by atoms with E-state index in [2.05, 4.69) is 0 Å². The van der Waals surface area contributed by atoms with Crippen LogP contribution in [-0.2, 0) is 0 Å². The minimum atomic E-state index is 0. The molecule has 0 saturated carbocycles. The Morgan fingerprint density at radius 1 is 0.800 bits per heavy atom. The molecule has 0 rings (SSSR count). The van der Waals surface area contributed by atoms with Gasteiger partial charge in [0.15, 0.2) is 0 Å². The van der Waals surface area contributed by atoms with E-state index < -0.39 is 0 Å². The summed E-state index contributed by atoms with van der Waals surface area (Å²) < 4.78 is 0. The Kier molecular flexibility index (Phi) is 1580. The zero-order valence-electron chi connectivity index (χ0n) is 3.09. The molecule has 0 aromatic carbocycles. The average Bonchev–Trinajstić information content (AvgIpc) is 0. The molecule has 32 valence electrons. The molecule has 0 aliphatic heterocycles. The topological polar surface area (TPSA) is 98.0 Å². The predicted octanol–water partition coefficient (Wildman–Crippen LogP) is -7.48. The van der Waals surface area contributed by atoms with Crippen LogP contribution in [0.1, 0.15) is 0 Å². The van der Waals surface area contributed by atoms with Crippen LogP contribution in [0.25, 0.3) is 0 Å². The SMILES string of the molecule is N.O.O.[Cl-].[Na+]. The number of halogens is 1. The summed E-state index contributed by atoms with van der Waals surface area (Å²) in [6, 6.07) is 0. The molecule has 0 aliphatic carbocycles. The van der Waals surface area contributed by atoms with E-state index >= 15 is 0 Å². The van der Waals surface area contributed by atoms with Crippen molar-refractivity contribution in [3.63, 3.8) is 0 Å². The summed E-state index contributed by atoms with van der Waals surface area (Å²) in [7, 11) is 0. The van der Waals surface area contributed by atoms with E-state index in [1.165, 1.54) is 0 Å². The molecule has 5 heteroatoms. The molecule has 0 spiro atoms. The van der Waals surface area contributed by atoms with Crippen molar-refractivity contribution in [3.05, 3.63) is 0 Å². The van der Waals surface area contributed by atoms with Gasteiger partial charge >= 0.3 is 29.6 Å². The Morgan fingerprint density at radius 3 is 0.800 bits per heavy atom. The van der Waals surface area contributed by atoms with Gasteiger partial charge in [-0.15, -0.1) is 0 Å². The van der Waals surface area contributed by atoms with Gasteiger partial charge in [0.25, 0.3) is 0 Å². The van der Waals surface area contributed by atoms with Crippen molar-refractivity contribution >= 4 is 0 Å². The van der Waals surface area contributed by atoms with Crippen LogP contribution < -0.4 is 48.1 Å². The molecule has 0 aromatic rings. The third kappa shape index (κ3) is 38.0. The van der Waals surface area contributed by atoms with Gasteiger partial charge in [0.05, 0.1) is 0 Å². The molecule has 0 radical (unpaired) electrons. The monoisotopic (exact) mass is 111 g/mol. The van der Waals surface area contributed by atoms with Crippen LogP contribution in [-0.4, -0.2) is 11.0 Å². The van der Waals surface area contributed by atoms with Crippen LogP contribution in [0.5, 0.6) is 0 Å². The van der Waals surface area contributed by atoms with E-state index in [4.69, 9.17) is 0 Å². The second-order valence-electron chi connectivity index (χ2n) is 0. The van der Waals surface area contributed by atoms with Crippen molar-refractivity contribution in [2.75, 3.05) is 0 Å². The van der Waals surface area contributed by atoms with Crippen LogP contribution in [0.4, 0.5) is 0 Å². The molecule has 0 fully saturated rings. The second-order valence-corrected chi connectivity index (χ2v) is 0. The summed E-state index contributed by atoms with van der Waals surface area (Å²) in [6.07, 6.45) is 0. The Balaban J connectivity index is 0. The summed E-state index contributed by atoms with van der Waals surface area (Å²) >= 11 is 0. The summed E-state index contributed by atoms with van der Waals surface area (Å²) in [6.45, 7) is 0. The largest absolute Gasteiger partial charge is 1.00 e. The first-order valence-corrected chi connectivity index (χ1v) is 0. The van der Waals surface area contributed by atoms with Crippen molar-refractivity contribution in [1.29, 1.82) is 0 Å². The van der Waals surface area contributed by atoms with Gasteiger partial charge in [-0.25, -0.2) is 0 Å². The zero-order chi connectivity index (χ0) is 0. The fourth-order valence-electron chi connectivity index (χ4n) is 0. The van der Waals surface area contributed by atoms with Crippen LogP contribution >= 0.6 is 0 Å². The molecule has 5 heavy (non-hydrogen) atoms. The fourth-order valence-corrected chi connectivity index (χ4v) is 0. The smallest absolute Gasteiger partial charge is 1.00 e. The quantitative estimate of drug-likeness (QED) is 0.309. The van der Waals surface area contributed by atoms with E-state index in [0.29, 0.717) is 0 Å². The molecule has 0 heterocycles. The summed E-state index contributed by atoms with van der Waals surface area (Å²) in [5.74, 6) is 0. The predicted molar refractivity (Wildman–Crippen MR) is 12.2 cm³/mol. The molecule has 0 bridgehead atoms. The van der Waals surface area contributed by atoms with Crippen LogP contribution in [0, 0.1) is 0 Å². The number of hydrogen-bond donors (Lipinski definition) is 1. The van der Waals surface area contributed by atoms with Crippen molar-refractivity contribution < 1.29 is 52.9 Å². The van der Waals surface area contributed by atoms with Gasteiger partial charge < -0.3 is 29.5 Å². The van der Waals surface area contributed by atoms with Gasteiger partial charge in [-0.05, 0) is 0 Å². The van der Waals surface area contributed by atoms with Crippen molar-refractivity contribution in [1.82, 2.24) is 6.15 Å². The Hall–Kier alpha value is 1.17. The number of rotatable bonds is 0. The van der Waals surface area contributed by atoms with E-state index in [-0.39, 0.29) is 59.1 Å². The maximum absolute atomic E-state index is 0. The summed E-state index contributed by atoms with van der Waals surface area (Å²) in [5.41, 5.74) is 0. The second kappa shape index (κ2) is 65.7. The molecule has 0 unspecified atom stereocenters. The van der Waals surface area contributed by atoms with Crippen molar-refractivity contribution in [2.45, 2.75) is 0 Å². The first kappa shape index (κ1) is 120. The molecule has 0 atom stereocenters. The van der Waals surface area contributed by atoms with Gasteiger partial charge in [-0.3, -0.25) is 0 Å². The Bertz CT molecular complexity index is 9.61. The molecule has 0 amide bonds. The van der Waals surface area contributed by atoms with Gasteiger partial charge in [-0.2, -0.15) is 0 Å². The molecule has 3 nitrogen and oxygen atoms in total.